The van der Waals surface area contributed by atoms with Crippen molar-refractivity contribution in [2.75, 3.05) is 6.54 Å². The highest BCUT2D eigenvalue weighted by Gasteiger charge is 2.12. The summed E-state index contributed by atoms with van der Waals surface area (Å²) in [7, 11) is 0. The topological polar surface area (TPSA) is 53.2 Å². The minimum Gasteiger partial charge on any atom is -0.361 e. The first-order valence-electron chi connectivity index (χ1n) is 4.82. The van der Waals surface area contributed by atoms with Crippen LogP contribution in [0.4, 0.5) is 0 Å². The lowest BCUT2D eigenvalue weighted by atomic mass is 10.3. The van der Waals surface area contributed by atoms with E-state index in [1.54, 1.807) is 6.92 Å². The summed E-state index contributed by atoms with van der Waals surface area (Å²) in [6.07, 6.45) is 0. The van der Waals surface area contributed by atoms with E-state index in [1.807, 2.05) is 20.8 Å². The highest BCUT2D eigenvalue weighted by atomic mass is 32.1. The first kappa shape index (κ1) is 13.2. The molecule has 5 heteroatoms. The molecule has 82 valence electrons. The van der Waals surface area contributed by atoms with Gasteiger partial charge in [-0.2, -0.15) is 0 Å². The lowest BCUT2D eigenvalue weighted by molar-refractivity contribution is -0.122. The Labute approximate surface area is 90.8 Å². The van der Waals surface area contributed by atoms with Gasteiger partial charge < -0.3 is 16.0 Å². The first-order valence-corrected chi connectivity index (χ1v) is 5.23. The smallest absolute Gasteiger partial charge is 0.242 e. The van der Waals surface area contributed by atoms with Crippen molar-refractivity contribution >= 4 is 23.2 Å². The van der Waals surface area contributed by atoms with Crippen molar-refractivity contribution in [2.45, 2.75) is 39.8 Å². The fourth-order valence-corrected chi connectivity index (χ4v) is 1.31. The second kappa shape index (κ2) is 6.59. The van der Waals surface area contributed by atoms with E-state index in [0.29, 0.717) is 11.7 Å². The van der Waals surface area contributed by atoms with Crippen LogP contribution >= 0.6 is 12.2 Å². The largest absolute Gasteiger partial charge is 0.361 e. The lowest BCUT2D eigenvalue weighted by Gasteiger charge is -2.17. The molecule has 0 aromatic carbocycles. The van der Waals surface area contributed by atoms with Crippen LogP contribution in [0, 0.1) is 0 Å². The standard InChI is InChI=1S/C9H19N3OS/c1-5-10-8(13)7(4)12-9(14)11-6(2)3/h6-7H,5H2,1-4H3,(H,10,13)(H2,11,12,14). The molecule has 0 aliphatic heterocycles. The number of nitrogens with one attached hydrogen (secondary N) is 3. The van der Waals surface area contributed by atoms with Crippen LogP contribution in [0.5, 0.6) is 0 Å². The summed E-state index contributed by atoms with van der Waals surface area (Å²) in [5.74, 6) is -0.0413. The predicted molar refractivity (Wildman–Crippen MR) is 62.2 cm³/mol. The van der Waals surface area contributed by atoms with Gasteiger partial charge in [-0.05, 0) is 39.9 Å². The summed E-state index contributed by atoms with van der Waals surface area (Å²) in [5, 5.41) is 9.14. The Morgan fingerprint density at radius 3 is 2.29 bits per heavy atom. The maximum atomic E-state index is 11.3. The van der Waals surface area contributed by atoms with Crippen LogP contribution in [-0.2, 0) is 4.79 Å². The molecule has 0 spiro atoms. The van der Waals surface area contributed by atoms with E-state index in [2.05, 4.69) is 16.0 Å². The maximum absolute atomic E-state index is 11.3. The quantitative estimate of drug-likeness (QED) is 0.596. The van der Waals surface area contributed by atoms with Gasteiger partial charge in [-0.1, -0.05) is 0 Å². The Balaban J connectivity index is 3.87. The van der Waals surface area contributed by atoms with Gasteiger partial charge in [0.1, 0.15) is 6.04 Å². The summed E-state index contributed by atoms with van der Waals surface area (Å²) < 4.78 is 0. The fourth-order valence-electron chi connectivity index (χ4n) is 0.893. The van der Waals surface area contributed by atoms with Gasteiger partial charge in [0.15, 0.2) is 5.11 Å². The second-order valence-corrected chi connectivity index (χ2v) is 3.80. The van der Waals surface area contributed by atoms with Crippen LogP contribution < -0.4 is 16.0 Å². The number of likely N-dealkylation sites (N-methyl/N-ethyl adjacent to an activating group) is 1. The number of hydrogen-bond donors (Lipinski definition) is 3. The summed E-state index contributed by atoms with van der Waals surface area (Å²) in [6, 6.07) is -0.0230. The average Bonchev–Trinajstić information content (AvgIpc) is 2.02. The molecule has 0 aliphatic rings. The maximum Gasteiger partial charge on any atom is 0.242 e. The van der Waals surface area contributed by atoms with Crippen LogP contribution in [0.3, 0.4) is 0 Å². The fraction of sp³-hybridized carbons (Fsp3) is 0.778. The molecule has 0 radical (unpaired) electrons. The number of amides is 1. The van der Waals surface area contributed by atoms with Crippen LogP contribution in [0.25, 0.3) is 0 Å². The molecule has 0 rings (SSSR count). The molecule has 0 saturated carbocycles. The second-order valence-electron chi connectivity index (χ2n) is 3.39. The summed E-state index contributed by atoms with van der Waals surface area (Å²) in [5.41, 5.74) is 0. The van der Waals surface area contributed by atoms with Crippen molar-refractivity contribution in [1.82, 2.24) is 16.0 Å². The van der Waals surface area contributed by atoms with E-state index in [4.69, 9.17) is 12.2 Å². The molecule has 1 unspecified atom stereocenters. The Morgan fingerprint density at radius 1 is 1.29 bits per heavy atom. The van der Waals surface area contributed by atoms with Crippen molar-refractivity contribution in [2.24, 2.45) is 0 Å². The van der Waals surface area contributed by atoms with Crippen LogP contribution in [0.15, 0.2) is 0 Å². The molecule has 14 heavy (non-hydrogen) atoms. The van der Waals surface area contributed by atoms with Crippen molar-refractivity contribution in [1.29, 1.82) is 0 Å². The molecule has 3 N–H and O–H groups in total. The zero-order valence-electron chi connectivity index (χ0n) is 9.18. The summed E-state index contributed by atoms with van der Waals surface area (Å²) >= 11 is 5.01. The third-order valence-electron chi connectivity index (χ3n) is 1.51. The van der Waals surface area contributed by atoms with Gasteiger partial charge in [0.05, 0.1) is 0 Å². The number of carbonyl (C=O) groups is 1. The molecule has 0 aliphatic carbocycles. The molecule has 0 saturated heterocycles. The van der Waals surface area contributed by atoms with E-state index in [9.17, 15) is 4.79 Å². The Hall–Kier alpha value is -0.840. The SMILES string of the molecule is CCNC(=O)C(C)NC(=S)NC(C)C. The zero-order chi connectivity index (χ0) is 11.1. The van der Waals surface area contributed by atoms with Gasteiger partial charge in [0.2, 0.25) is 5.91 Å². The highest BCUT2D eigenvalue weighted by molar-refractivity contribution is 7.80. The molecule has 0 aromatic rings. The van der Waals surface area contributed by atoms with E-state index >= 15 is 0 Å². The zero-order valence-corrected chi connectivity index (χ0v) is 9.99. The number of thiocarbonyl (C=S) groups is 1. The molecule has 4 nitrogen and oxygen atoms in total. The Kier molecular flexibility index (Phi) is 6.19. The Bertz CT molecular complexity index is 206. The number of rotatable bonds is 4. The van der Waals surface area contributed by atoms with Crippen molar-refractivity contribution in [3.05, 3.63) is 0 Å². The monoisotopic (exact) mass is 217 g/mol. The van der Waals surface area contributed by atoms with Crippen LogP contribution in [-0.4, -0.2) is 29.6 Å². The van der Waals surface area contributed by atoms with Crippen molar-refractivity contribution in [3.63, 3.8) is 0 Å². The van der Waals surface area contributed by atoms with Gasteiger partial charge in [-0.3, -0.25) is 4.79 Å². The van der Waals surface area contributed by atoms with Gasteiger partial charge in [0.25, 0.3) is 0 Å². The molecule has 0 bridgehead atoms. The van der Waals surface area contributed by atoms with Crippen molar-refractivity contribution in [3.8, 4) is 0 Å². The molecular formula is C9H19N3OS. The molecular weight excluding hydrogens is 198 g/mol. The van der Waals surface area contributed by atoms with Gasteiger partial charge >= 0.3 is 0 Å². The number of carbonyl (C=O) groups excluding carboxylic acids is 1. The van der Waals surface area contributed by atoms with E-state index < -0.39 is 0 Å². The van der Waals surface area contributed by atoms with E-state index in [0.717, 1.165) is 0 Å². The van der Waals surface area contributed by atoms with E-state index in [-0.39, 0.29) is 18.0 Å². The molecule has 0 heterocycles. The predicted octanol–water partition coefficient (Wildman–Crippen LogP) is 0.384. The van der Waals surface area contributed by atoms with Gasteiger partial charge in [-0.25, -0.2) is 0 Å². The third-order valence-corrected chi connectivity index (χ3v) is 1.75. The van der Waals surface area contributed by atoms with E-state index in [1.165, 1.54) is 0 Å². The minimum atomic E-state index is -0.298. The Morgan fingerprint density at radius 2 is 1.86 bits per heavy atom. The molecule has 1 amide bonds. The first-order chi connectivity index (χ1) is 6.47. The highest BCUT2D eigenvalue weighted by Crippen LogP contribution is 1.84. The summed E-state index contributed by atoms with van der Waals surface area (Å²) in [4.78, 5) is 11.3. The molecule has 0 aromatic heterocycles. The van der Waals surface area contributed by atoms with Crippen LogP contribution in [0.1, 0.15) is 27.7 Å². The van der Waals surface area contributed by atoms with Gasteiger partial charge in [-0.15, -0.1) is 0 Å². The van der Waals surface area contributed by atoms with Crippen LogP contribution in [0.2, 0.25) is 0 Å². The average molecular weight is 217 g/mol. The van der Waals surface area contributed by atoms with Gasteiger partial charge in [0, 0.05) is 12.6 Å². The molecule has 0 fully saturated rings. The normalized spacial score (nSPS) is 12.1. The van der Waals surface area contributed by atoms with Crippen molar-refractivity contribution < 1.29 is 4.79 Å². The number of hydrogen-bond acceptors (Lipinski definition) is 2. The third kappa shape index (κ3) is 5.75. The molecule has 1 atom stereocenters. The lowest BCUT2D eigenvalue weighted by Crippen LogP contribution is -2.49. The summed E-state index contributed by atoms with van der Waals surface area (Å²) in [6.45, 7) is 8.28. The minimum absolute atomic E-state index is 0.0413.